The molecule has 2 saturated carbocycles. The Morgan fingerprint density at radius 1 is 1.48 bits per heavy atom. The molecule has 0 aromatic carbocycles. The van der Waals surface area contributed by atoms with Crippen LogP contribution >= 0.6 is 0 Å². The second kappa shape index (κ2) is 5.43. The maximum atomic E-state index is 12.8. The molecule has 2 rings (SSSR count). The molecule has 0 aromatic rings. The highest BCUT2D eigenvalue weighted by molar-refractivity contribution is 6.05. The van der Waals surface area contributed by atoms with Crippen molar-refractivity contribution in [2.75, 3.05) is 6.61 Å². The first-order chi connectivity index (χ1) is 9.79. The van der Waals surface area contributed by atoms with E-state index in [0.29, 0.717) is 13.0 Å². The molecule has 0 radical (unpaired) electrons. The second-order valence-corrected chi connectivity index (χ2v) is 6.98. The van der Waals surface area contributed by atoms with Gasteiger partial charge < -0.3 is 4.74 Å². The van der Waals surface area contributed by atoms with Gasteiger partial charge in [0.05, 0.1) is 12.5 Å². The first kappa shape index (κ1) is 16.0. The highest BCUT2D eigenvalue weighted by atomic mass is 16.5. The van der Waals surface area contributed by atoms with Crippen LogP contribution in [0.15, 0.2) is 24.3 Å². The minimum absolute atomic E-state index is 0.0245. The molecule has 2 aliphatic carbocycles. The molecular weight excluding hydrogens is 264 g/mol. The largest absolute Gasteiger partial charge is 0.466 e. The number of fused-ring (bicyclic) bond motifs is 2. The minimum Gasteiger partial charge on any atom is -0.466 e. The van der Waals surface area contributed by atoms with Crippen LogP contribution in [-0.4, -0.2) is 18.4 Å². The molecular formula is C18H26O3. The topological polar surface area (TPSA) is 43.4 Å². The third kappa shape index (κ3) is 2.27. The van der Waals surface area contributed by atoms with Crippen molar-refractivity contribution in [3.8, 4) is 0 Å². The summed E-state index contributed by atoms with van der Waals surface area (Å²) in [5.41, 5.74) is 0.536. The average Bonchev–Trinajstić information content (AvgIpc) is 2.72. The molecule has 0 aliphatic heterocycles. The predicted octanol–water partition coefficient (Wildman–Crippen LogP) is 3.69. The Morgan fingerprint density at radius 2 is 2.14 bits per heavy atom. The highest BCUT2D eigenvalue weighted by Crippen LogP contribution is 2.65. The predicted molar refractivity (Wildman–Crippen MR) is 82.6 cm³/mol. The van der Waals surface area contributed by atoms with Gasteiger partial charge in [-0.3, -0.25) is 9.59 Å². The van der Waals surface area contributed by atoms with Gasteiger partial charge in [0.15, 0.2) is 5.78 Å². The van der Waals surface area contributed by atoms with E-state index in [4.69, 9.17) is 4.74 Å². The number of rotatable bonds is 5. The van der Waals surface area contributed by atoms with E-state index >= 15 is 0 Å². The number of allylic oxidation sites excluding steroid dienone is 2. The molecule has 0 spiro atoms. The van der Waals surface area contributed by atoms with Gasteiger partial charge in [-0.25, -0.2) is 0 Å². The Balaban J connectivity index is 2.34. The SMILES string of the molecule is C=CC[C@@H](/C=C1/C(=O)[C@]2(C)CC[C@@H]1C2(C)C)C(=O)OCC. The van der Waals surface area contributed by atoms with Crippen LogP contribution in [0.2, 0.25) is 0 Å². The van der Waals surface area contributed by atoms with Crippen molar-refractivity contribution in [3.63, 3.8) is 0 Å². The van der Waals surface area contributed by atoms with Crippen molar-refractivity contribution < 1.29 is 14.3 Å². The van der Waals surface area contributed by atoms with E-state index in [1.807, 2.05) is 6.08 Å². The quantitative estimate of drug-likeness (QED) is 0.440. The number of ether oxygens (including phenoxy) is 1. The smallest absolute Gasteiger partial charge is 0.313 e. The van der Waals surface area contributed by atoms with Gasteiger partial charge >= 0.3 is 5.97 Å². The van der Waals surface area contributed by atoms with Gasteiger partial charge in [0.2, 0.25) is 0 Å². The maximum Gasteiger partial charge on any atom is 0.313 e. The lowest BCUT2D eigenvalue weighted by molar-refractivity contribution is -0.146. The maximum absolute atomic E-state index is 12.8. The molecule has 3 heteroatoms. The Labute approximate surface area is 127 Å². The summed E-state index contributed by atoms with van der Waals surface area (Å²) in [6.07, 6.45) is 6.07. The number of Topliss-reactive ketones (excluding diaryl/α,β-unsaturated/α-hetero) is 1. The zero-order valence-electron chi connectivity index (χ0n) is 13.6. The van der Waals surface area contributed by atoms with E-state index < -0.39 is 0 Å². The van der Waals surface area contributed by atoms with Gasteiger partial charge in [0.25, 0.3) is 0 Å². The van der Waals surface area contributed by atoms with Crippen molar-refractivity contribution in [2.45, 2.75) is 47.0 Å². The normalized spacial score (nSPS) is 33.2. The summed E-state index contributed by atoms with van der Waals surface area (Å²) in [5, 5.41) is 0. The van der Waals surface area contributed by atoms with Crippen LogP contribution in [0.25, 0.3) is 0 Å². The molecule has 0 amide bonds. The lowest BCUT2D eigenvalue weighted by Gasteiger charge is -2.31. The van der Waals surface area contributed by atoms with Crippen molar-refractivity contribution in [1.82, 2.24) is 0 Å². The summed E-state index contributed by atoms with van der Waals surface area (Å²) in [5.74, 6) is -0.164. The molecule has 21 heavy (non-hydrogen) atoms. The Hall–Kier alpha value is -1.38. The molecule has 2 fully saturated rings. The van der Waals surface area contributed by atoms with Crippen LogP contribution in [0.5, 0.6) is 0 Å². The number of ketones is 1. The Bertz CT molecular complexity index is 501. The molecule has 2 aliphatic rings. The zero-order valence-corrected chi connectivity index (χ0v) is 13.6. The fourth-order valence-corrected chi connectivity index (χ4v) is 4.00. The van der Waals surface area contributed by atoms with Gasteiger partial charge in [0, 0.05) is 5.41 Å². The van der Waals surface area contributed by atoms with Crippen LogP contribution < -0.4 is 0 Å². The Morgan fingerprint density at radius 3 is 2.62 bits per heavy atom. The lowest BCUT2D eigenvalue weighted by atomic mass is 9.70. The van der Waals surface area contributed by atoms with Gasteiger partial charge in [0.1, 0.15) is 0 Å². The number of carbonyl (C=O) groups is 2. The molecule has 0 heterocycles. The van der Waals surface area contributed by atoms with Crippen LogP contribution in [0.4, 0.5) is 0 Å². The van der Waals surface area contributed by atoms with Gasteiger partial charge in [-0.1, -0.05) is 32.9 Å². The van der Waals surface area contributed by atoms with Crippen molar-refractivity contribution in [3.05, 3.63) is 24.3 Å². The molecule has 0 saturated heterocycles. The minimum atomic E-state index is -0.389. The van der Waals surface area contributed by atoms with Crippen LogP contribution in [0.1, 0.15) is 47.0 Å². The summed E-state index contributed by atoms with van der Waals surface area (Å²) < 4.78 is 5.12. The van der Waals surface area contributed by atoms with Crippen LogP contribution in [0.3, 0.4) is 0 Å². The van der Waals surface area contributed by atoms with E-state index in [1.165, 1.54) is 0 Å². The molecule has 116 valence electrons. The molecule has 3 nitrogen and oxygen atoms in total. The van der Waals surface area contributed by atoms with Crippen LogP contribution in [0, 0.1) is 22.7 Å². The molecule has 0 aromatic heterocycles. The standard InChI is InChI=1S/C18H26O3/c1-6-8-12(16(20)21-7-2)11-13-14-9-10-18(5,15(13)19)17(14,3)4/h6,11-12,14H,1,7-10H2,2-5H3/b13-11+/t12-,14-,18-/m0/s1. The summed E-state index contributed by atoms with van der Waals surface area (Å²) in [4.78, 5) is 24.8. The monoisotopic (exact) mass is 290 g/mol. The van der Waals surface area contributed by atoms with Crippen molar-refractivity contribution >= 4 is 11.8 Å². The summed E-state index contributed by atoms with van der Waals surface area (Å²) in [6.45, 7) is 12.3. The second-order valence-electron chi connectivity index (χ2n) is 6.98. The fourth-order valence-electron chi connectivity index (χ4n) is 4.00. The van der Waals surface area contributed by atoms with E-state index in [0.717, 1.165) is 18.4 Å². The van der Waals surface area contributed by atoms with E-state index in [-0.39, 0.29) is 34.4 Å². The Kier molecular flexibility index (Phi) is 4.14. The van der Waals surface area contributed by atoms with E-state index in [9.17, 15) is 9.59 Å². The summed E-state index contributed by atoms with van der Waals surface area (Å²) >= 11 is 0. The fraction of sp³-hybridized carbons (Fsp3) is 0.667. The lowest BCUT2D eigenvalue weighted by Crippen LogP contribution is -2.32. The molecule has 3 atom stereocenters. The molecule has 2 bridgehead atoms. The van der Waals surface area contributed by atoms with E-state index in [1.54, 1.807) is 13.0 Å². The zero-order chi connectivity index (χ0) is 15.8. The van der Waals surface area contributed by atoms with Crippen molar-refractivity contribution in [1.29, 1.82) is 0 Å². The van der Waals surface area contributed by atoms with Crippen molar-refractivity contribution in [2.24, 2.45) is 22.7 Å². The molecule has 0 unspecified atom stereocenters. The van der Waals surface area contributed by atoms with Crippen LogP contribution in [-0.2, 0) is 14.3 Å². The first-order valence-electron chi connectivity index (χ1n) is 7.83. The van der Waals surface area contributed by atoms with Gasteiger partial charge in [-0.15, -0.1) is 6.58 Å². The number of hydrogen-bond donors (Lipinski definition) is 0. The number of carbonyl (C=O) groups excluding carboxylic acids is 2. The number of esters is 1. The van der Waals surface area contributed by atoms with Gasteiger partial charge in [-0.05, 0) is 43.1 Å². The van der Waals surface area contributed by atoms with E-state index in [2.05, 4.69) is 27.4 Å². The third-order valence-electron chi connectivity index (χ3n) is 5.76. The molecule has 0 N–H and O–H groups in total. The summed E-state index contributed by atoms with van der Waals surface area (Å²) in [7, 11) is 0. The third-order valence-corrected chi connectivity index (χ3v) is 5.76. The average molecular weight is 290 g/mol. The summed E-state index contributed by atoms with van der Waals surface area (Å²) in [6, 6.07) is 0. The highest BCUT2D eigenvalue weighted by Gasteiger charge is 2.63. The number of hydrogen-bond acceptors (Lipinski definition) is 3. The van der Waals surface area contributed by atoms with Gasteiger partial charge in [-0.2, -0.15) is 0 Å². The first-order valence-corrected chi connectivity index (χ1v) is 7.83.